The number of hydrogen-bond donors (Lipinski definition) is 0. The van der Waals surface area contributed by atoms with Gasteiger partial charge in [-0.2, -0.15) is 0 Å². The van der Waals surface area contributed by atoms with Gasteiger partial charge in [0.05, 0.1) is 16.8 Å². The van der Waals surface area contributed by atoms with Gasteiger partial charge in [0.2, 0.25) is 0 Å². The number of carbonyl (C=O) groups excluding carboxylic acids is 1. The molecule has 160 valence electrons. The van der Waals surface area contributed by atoms with Gasteiger partial charge in [0.1, 0.15) is 0 Å². The van der Waals surface area contributed by atoms with Gasteiger partial charge in [-0.25, -0.2) is 0 Å². The van der Waals surface area contributed by atoms with E-state index >= 15 is 0 Å². The van der Waals surface area contributed by atoms with E-state index in [2.05, 4.69) is 87.7 Å². The number of anilines is 3. The van der Waals surface area contributed by atoms with Crippen molar-refractivity contribution < 1.29 is 4.79 Å². The summed E-state index contributed by atoms with van der Waals surface area (Å²) in [5.41, 5.74) is 8.03. The van der Waals surface area contributed by atoms with Crippen molar-refractivity contribution in [3.8, 4) is 0 Å². The van der Waals surface area contributed by atoms with E-state index in [9.17, 15) is 4.79 Å². The maximum absolute atomic E-state index is 13.6. The number of fused-ring (bicyclic) bond motifs is 8. The maximum Gasteiger partial charge on any atom is 0.196 e. The Bertz CT molecular complexity index is 1490. The van der Waals surface area contributed by atoms with E-state index in [-0.39, 0.29) is 5.78 Å². The minimum Gasteiger partial charge on any atom is -0.310 e. The Morgan fingerprint density at radius 3 is 1.62 bits per heavy atom. The van der Waals surface area contributed by atoms with Crippen LogP contribution >= 0.6 is 0 Å². The Hall–Kier alpha value is -4.57. The number of aromatic nitrogens is 2. The Morgan fingerprint density at radius 2 is 1.06 bits per heavy atom. The van der Waals surface area contributed by atoms with Crippen LogP contribution < -0.4 is 4.90 Å². The molecule has 5 aromatic rings. The zero-order valence-corrected chi connectivity index (χ0v) is 18.2. The zero-order chi connectivity index (χ0) is 22.7. The molecule has 0 N–H and O–H groups in total. The number of nitrogens with zero attached hydrogens (tertiary/aromatic N) is 3. The zero-order valence-electron chi connectivity index (χ0n) is 18.2. The van der Waals surface area contributed by atoms with Gasteiger partial charge in [0, 0.05) is 41.6 Å². The molecule has 1 spiro atoms. The lowest BCUT2D eigenvalue weighted by molar-refractivity contribution is 0.103. The Balaban J connectivity index is 1.69. The van der Waals surface area contributed by atoms with E-state index in [4.69, 9.17) is 0 Å². The Morgan fingerprint density at radius 1 is 0.559 bits per heavy atom. The van der Waals surface area contributed by atoms with Gasteiger partial charge < -0.3 is 4.90 Å². The van der Waals surface area contributed by atoms with Gasteiger partial charge in [0.25, 0.3) is 0 Å². The quantitative estimate of drug-likeness (QED) is 0.307. The van der Waals surface area contributed by atoms with E-state index in [1.807, 2.05) is 18.2 Å². The van der Waals surface area contributed by atoms with Gasteiger partial charge in [-0.3, -0.25) is 14.8 Å². The van der Waals surface area contributed by atoms with E-state index in [1.54, 1.807) is 24.8 Å². The van der Waals surface area contributed by atoms with E-state index in [0.29, 0.717) is 11.1 Å². The molecule has 0 radical (unpaired) electrons. The standard InChI is InChI=1S/C30H19N3O/c34-29-21-18-31-16-14-23(21)30(24-15-17-32-19-22(24)29)25-10-4-6-12-27(25)33(20-8-2-1-3-9-20)28-13-7-5-11-26(28)30/h1-19H. The molecule has 4 heteroatoms. The van der Waals surface area contributed by atoms with Crippen LogP contribution in [0.3, 0.4) is 0 Å². The molecule has 3 aromatic carbocycles. The monoisotopic (exact) mass is 437 g/mol. The second-order valence-electron chi connectivity index (χ2n) is 8.63. The predicted octanol–water partition coefficient (Wildman–Crippen LogP) is 6.19. The number of pyridine rings is 2. The van der Waals surface area contributed by atoms with Gasteiger partial charge >= 0.3 is 0 Å². The molecule has 2 aliphatic rings. The van der Waals surface area contributed by atoms with Crippen LogP contribution in [0.2, 0.25) is 0 Å². The molecule has 0 saturated heterocycles. The van der Waals surface area contributed by atoms with E-state index in [1.165, 1.54) is 0 Å². The first kappa shape index (κ1) is 18.9. The second-order valence-corrected chi connectivity index (χ2v) is 8.63. The van der Waals surface area contributed by atoms with Gasteiger partial charge in [0.15, 0.2) is 5.78 Å². The van der Waals surface area contributed by atoms with Crippen LogP contribution in [0.4, 0.5) is 17.1 Å². The largest absolute Gasteiger partial charge is 0.310 e. The molecule has 3 heterocycles. The highest BCUT2D eigenvalue weighted by molar-refractivity contribution is 6.14. The molecule has 0 fully saturated rings. The average Bonchev–Trinajstić information content (AvgIpc) is 2.91. The summed E-state index contributed by atoms with van der Waals surface area (Å²) in [6, 6.07) is 31.4. The first-order valence-corrected chi connectivity index (χ1v) is 11.3. The van der Waals surface area contributed by atoms with Crippen LogP contribution in [-0.2, 0) is 5.41 Å². The summed E-state index contributed by atoms with van der Waals surface area (Å²) < 4.78 is 0. The summed E-state index contributed by atoms with van der Waals surface area (Å²) in [6.45, 7) is 0. The summed E-state index contributed by atoms with van der Waals surface area (Å²) >= 11 is 0. The van der Waals surface area contributed by atoms with Crippen molar-refractivity contribution in [2.45, 2.75) is 5.41 Å². The molecule has 0 amide bonds. The summed E-state index contributed by atoms with van der Waals surface area (Å²) in [5.74, 6) is -0.0303. The number of benzene rings is 3. The minimum absolute atomic E-state index is 0.0303. The summed E-state index contributed by atoms with van der Waals surface area (Å²) in [4.78, 5) is 24.5. The van der Waals surface area contributed by atoms with Crippen LogP contribution in [0, 0.1) is 0 Å². The predicted molar refractivity (Wildman–Crippen MR) is 132 cm³/mol. The van der Waals surface area contributed by atoms with E-state index in [0.717, 1.165) is 39.3 Å². The topological polar surface area (TPSA) is 46.1 Å². The molecule has 0 atom stereocenters. The summed E-state index contributed by atoms with van der Waals surface area (Å²) in [6.07, 6.45) is 6.97. The van der Waals surface area contributed by atoms with Crippen LogP contribution in [0.5, 0.6) is 0 Å². The van der Waals surface area contributed by atoms with Crippen LogP contribution in [0.15, 0.2) is 116 Å². The third kappa shape index (κ3) is 2.29. The third-order valence-electron chi connectivity index (χ3n) is 7.05. The Labute approximate surface area is 197 Å². The van der Waals surface area contributed by atoms with Crippen molar-refractivity contribution in [1.82, 2.24) is 9.97 Å². The molecule has 0 saturated carbocycles. The van der Waals surface area contributed by atoms with Crippen molar-refractivity contribution in [2.75, 3.05) is 4.90 Å². The lowest BCUT2D eigenvalue weighted by Gasteiger charge is -2.48. The van der Waals surface area contributed by atoms with Crippen LogP contribution in [0.1, 0.15) is 38.2 Å². The van der Waals surface area contributed by atoms with Crippen molar-refractivity contribution in [1.29, 1.82) is 0 Å². The molecular weight excluding hydrogens is 418 g/mol. The average molecular weight is 438 g/mol. The highest BCUT2D eigenvalue weighted by Gasteiger charge is 2.51. The maximum atomic E-state index is 13.6. The normalized spacial score (nSPS) is 14.7. The second kappa shape index (κ2) is 6.96. The first-order valence-electron chi connectivity index (χ1n) is 11.3. The molecule has 34 heavy (non-hydrogen) atoms. The number of ketones is 1. The van der Waals surface area contributed by atoms with Crippen molar-refractivity contribution in [3.63, 3.8) is 0 Å². The third-order valence-corrected chi connectivity index (χ3v) is 7.05. The number of carbonyl (C=O) groups is 1. The SMILES string of the molecule is O=C1c2cnccc2C2(c3ccncc31)c1ccccc1N(c1ccccc1)c1ccccc12. The summed E-state index contributed by atoms with van der Waals surface area (Å²) in [7, 11) is 0. The molecule has 0 bridgehead atoms. The first-order chi connectivity index (χ1) is 16.8. The molecule has 2 aromatic heterocycles. The fourth-order valence-corrected chi connectivity index (χ4v) is 5.78. The van der Waals surface area contributed by atoms with Crippen molar-refractivity contribution >= 4 is 22.8 Å². The smallest absolute Gasteiger partial charge is 0.196 e. The molecular formula is C30H19N3O. The number of para-hydroxylation sites is 3. The highest BCUT2D eigenvalue weighted by atomic mass is 16.1. The molecule has 1 aliphatic carbocycles. The van der Waals surface area contributed by atoms with Crippen molar-refractivity contribution in [2.24, 2.45) is 0 Å². The minimum atomic E-state index is -0.664. The van der Waals surface area contributed by atoms with Crippen molar-refractivity contribution in [3.05, 3.63) is 149 Å². The summed E-state index contributed by atoms with van der Waals surface area (Å²) in [5, 5.41) is 0. The fourth-order valence-electron chi connectivity index (χ4n) is 5.78. The Kier molecular flexibility index (Phi) is 3.88. The van der Waals surface area contributed by atoms with Gasteiger partial charge in [-0.05, 0) is 58.7 Å². The highest BCUT2D eigenvalue weighted by Crippen LogP contribution is 2.59. The molecule has 4 nitrogen and oxygen atoms in total. The van der Waals surface area contributed by atoms with E-state index < -0.39 is 5.41 Å². The molecule has 1 aliphatic heterocycles. The van der Waals surface area contributed by atoms with Crippen LogP contribution in [0.25, 0.3) is 0 Å². The molecule has 7 rings (SSSR count). The lowest BCUT2D eigenvalue weighted by Crippen LogP contribution is -2.42. The van der Waals surface area contributed by atoms with Gasteiger partial charge in [-0.1, -0.05) is 54.6 Å². The number of rotatable bonds is 1. The van der Waals surface area contributed by atoms with Gasteiger partial charge in [-0.15, -0.1) is 0 Å². The number of hydrogen-bond acceptors (Lipinski definition) is 4. The van der Waals surface area contributed by atoms with Crippen LogP contribution in [-0.4, -0.2) is 15.8 Å². The fraction of sp³-hybridized carbons (Fsp3) is 0.0333. The molecule has 0 unspecified atom stereocenters. The lowest BCUT2D eigenvalue weighted by atomic mass is 9.58.